The third-order valence-electron chi connectivity index (χ3n) is 3.27. The van der Waals surface area contributed by atoms with Crippen LogP contribution in [0.1, 0.15) is 13.8 Å². The maximum absolute atomic E-state index is 11.8. The monoisotopic (exact) mass is 339 g/mol. The van der Waals surface area contributed by atoms with Gasteiger partial charge in [-0.1, -0.05) is 41.6 Å². The van der Waals surface area contributed by atoms with E-state index in [1.807, 2.05) is 13.0 Å². The number of aliphatic imine (C=N–C) groups is 1. The van der Waals surface area contributed by atoms with Gasteiger partial charge in [0.1, 0.15) is 11.3 Å². The second-order valence-electron chi connectivity index (χ2n) is 4.40. The maximum Gasteiger partial charge on any atom is 0.343 e. The Hall–Kier alpha value is -1.62. The highest BCUT2D eigenvalue weighted by atomic mass is 79.9. The Balaban J connectivity index is 3.44. The van der Waals surface area contributed by atoms with E-state index < -0.39 is 5.97 Å². The molecule has 1 aliphatic rings. The number of nitrogens with zero attached hydrogens (tertiary/aromatic N) is 1. The highest BCUT2D eigenvalue weighted by Crippen LogP contribution is 2.36. The molecule has 108 valence electrons. The van der Waals surface area contributed by atoms with Gasteiger partial charge in [0.15, 0.2) is 0 Å². The van der Waals surface area contributed by atoms with Crippen LogP contribution in [0, 0.1) is 5.92 Å². The van der Waals surface area contributed by atoms with Gasteiger partial charge in [-0.2, -0.15) is 0 Å². The van der Waals surface area contributed by atoms with Crippen LogP contribution in [0.5, 0.6) is 0 Å². The van der Waals surface area contributed by atoms with Crippen molar-refractivity contribution in [2.75, 3.05) is 14.2 Å². The third kappa shape index (κ3) is 3.10. The Morgan fingerprint density at radius 1 is 1.50 bits per heavy atom. The molecule has 0 spiro atoms. The predicted molar refractivity (Wildman–Crippen MR) is 84.1 cm³/mol. The molecule has 0 aromatic heterocycles. The minimum atomic E-state index is -0.624. The summed E-state index contributed by atoms with van der Waals surface area (Å²) < 4.78 is 5.68. The molecule has 1 aliphatic carbocycles. The SMILES string of the molecule is C=C1C(C(O)=C(C(=O)OC)C(C)=NC)=CC=C(Br)C1C. The van der Waals surface area contributed by atoms with E-state index in [9.17, 15) is 9.90 Å². The fourth-order valence-electron chi connectivity index (χ4n) is 1.81. The summed E-state index contributed by atoms with van der Waals surface area (Å²) in [5.41, 5.74) is 1.71. The normalized spacial score (nSPS) is 20.9. The quantitative estimate of drug-likeness (QED) is 0.370. The molecular formula is C15H18BrNO3. The molecule has 0 aliphatic heterocycles. The summed E-state index contributed by atoms with van der Waals surface area (Å²) in [4.78, 5) is 15.8. The average Bonchev–Trinajstić information content (AvgIpc) is 2.44. The number of carbonyl (C=O) groups is 1. The van der Waals surface area contributed by atoms with E-state index in [-0.39, 0.29) is 17.3 Å². The van der Waals surface area contributed by atoms with E-state index in [0.29, 0.717) is 11.3 Å². The maximum atomic E-state index is 11.8. The van der Waals surface area contributed by atoms with Crippen LogP contribution >= 0.6 is 15.9 Å². The molecule has 0 heterocycles. The van der Waals surface area contributed by atoms with Gasteiger partial charge in [0.05, 0.1) is 7.11 Å². The molecule has 0 radical (unpaired) electrons. The van der Waals surface area contributed by atoms with Gasteiger partial charge in [-0.05, 0) is 12.5 Å². The summed E-state index contributed by atoms with van der Waals surface area (Å²) in [6.45, 7) is 7.58. The Bertz CT molecular complexity index is 568. The fraction of sp³-hybridized carbons (Fsp3) is 0.333. The van der Waals surface area contributed by atoms with Crippen LogP contribution in [0.15, 0.2) is 50.7 Å². The van der Waals surface area contributed by atoms with Crippen LogP contribution in [0.4, 0.5) is 0 Å². The van der Waals surface area contributed by atoms with Crippen molar-refractivity contribution in [3.8, 4) is 0 Å². The van der Waals surface area contributed by atoms with Gasteiger partial charge in [-0.15, -0.1) is 0 Å². The Morgan fingerprint density at radius 3 is 2.60 bits per heavy atom. The molecule has 20 heavy (non-hydrogen) atoms. The number of rotatable bonds is 3. The summed E-state index contributed by atoms with van der Waals surface area (Å²) in [6.07, 6.45) is 3.55. The number of carbonyl (C=O) groups excluding carboxylic acids is 1. The summed E-state index contributed by atoms with van der Waals surface area (Å²) >= 11 is 3.44. The van der Waals surface area contributed by atoms with Crippen LogP contribution < -0.4 is 0 Å². The number of aliphatic hydroxyl groups is 1. The largest absolute Gasteiger partial charge is 0.506 e. The highest BCUT2D eigenvalue weighted by Gasteiger charge is 2.26. The average molecular weight is 340 g/mol. The van der Waals surface area contributed by atoms with E-state index >= 15 is 0 Å². The van der Waals surface area contributed by atoms with Gasteiger partial charge in [-0.3, -0.25) is 4.99 Å². The number of allylic oxidation sites excluding steroid dienone is 4. The molecule has 0 fully saturated rings. The van der Waals surface area contributed by atoms with Gasteiger partial charge in [0.2, 0.25) is 0 Å². The summed E-state index contributed by atoms with van der Waals surface area (Å²) in [5, 5.41) is 10.4. The van der Waals surface area contributed by atoms with Gasteiger partial charge in [-0.25, -0.2) is 4.79 Å². The minimum Gasteiger partial charge on any atom is -0.506 e. The van der Waals surface area contributed by atoms with Crippen molar-refractivity contribution in [1.82, 2.24) is 0 Å². The molecule has 0 saturated heterocycles. The third-order valence-corrected chi connectivity index (χ3v) is 4.22. The lowest BCUT2D eigenvalue weighted by molar-refractivity contribution is -0.135. The zero-order chi connectivity index (χ0) is 15.4. The second-order valence-corrected chi connectivity index (χ2v) is 5.32. The predicted octanol–water partition coefficient (Wildman–Crippen LogP) is 3.47. The molecule has 0 bridgehead atoms. The van der Waals surface area contributed by atoms with Crippen molar-refractivity contribution < 1.29 is 14.6 Å². The number of aliphatic hydroxyl groups excluding tert-OH is 1. The molecule has 0 amide bonds. The first-order valence-electron chi connectivity index (χ1n) is 6.07. The van der Waals surface area contributed by atoms with Crippen molar-refractivity contribution in [2.45, 2.75) is 13.8 Å². The van der Waals surface area contributed by atoms with Gasteiger partial charge in [0.25, 0.3) is 0 Å². The van der Waals surface area contributed by atoms with Crippen LogP contribution in [-0.4, -0.2) is 30.9 Å². The molecule has 5 heteroatoms. The van der Waals surface area contributed by atoms with Crippen molar-refractivity contribution in [3.63, 3.8) is 0 Å². The first kappa shape index (κ1) is 16.4. The first-order valence-corrected chi connectivity index (χ1v) is 6.86. The van der Waals surface area contributed by atoms with Crippen LogP contribution in [-0.2, 0) is 9.53 Å². The van der Waals surface area contributed by atoms with E-state index in [4.69, 9.17) is 4.74 Å². The topological polar surface area (TPSA) is 58.9 Å². The lowest BCUT2D eigenvalue weighted by Gasteiger charge is -2.22. The van der Waals surface area contributed by atoms with Crippen molar-refractivity contribution in [3.05, 3.63) is 45.7 Å². The van der Waals surface area contributed by atoms with Crippen molar-refractivity contribution in [2.24, 2.45) is 10.9 Å². The van der Waals surface area contributed by atoms with Crippen LogP contribution in [0.25, 0.3) is 0 Å². The van der Waals surface area contributed by atoms with Crippen molar-refractivity contribution in [1.29, 1.82) is 0 Å². The van der Waals surface area contributed by atoms with Crippen LogP contribution in [0.3, 0.4) is 0 Å². The standard InChI is InChI=1S/C15H18BrNO3/c1-8-9(2)12(16)7-6-11(8)14(18)13(10(3)17-4)15(19)20-5/h6-7,9,18H,1H2,2-5H3. The zero-order valence-corrected chi connectivity index (χ0v) is 13.6. The molecule has 0 aromatic rings. The number of halogens is 1. The molecule has 0 aromatic carbocycles. The van der Waals surface area contributed by atoms with Crippen molar-refractivity contribution >= 4 is 27.6 Å². The molecule has 1 unspecified atom stereocenters. The van der Waals surface area contributed by atoms with E-state index in [1.165, 1.54) is 7.11 Å². The Morgan fingerprint density at radius 2 is 2.10 bits per heavy atom. The number of hydrogen-bond donors (Lipinski definition) is 1. The lowest BCUT2D eigenvalue weighted by Crippen LogP contribution is -2.18. The molecular weight excluding hydrogens is 322 g/mol. The van der Waals surface area contributed by atoms with E-state index in [0.717, 1.165) is 10.1 Å². The molecule has 0 saturated carbocycles. The van der Waals surface area contributed by atoms with E-state index in [2.05, 4.69) is 27.5 Å². The molecule has 1 atom stereocenters. The molecule has 4 nitrogen and oxygen atoms in total. The minimum absolute atomic E-state index is 0.0370. The lowest BCUT2D eigenvalue weighted by atomic mass is 9.88. The number of methoxy groups -OCH3 is 1. The Kier molecular flexibility index (Phi) is 5.51. The summed E-state index contributed by atoms with van der Waals surface area (Å²) in [5.74, 6) is -0.747. The smallest absolute Gasteiger partial charge is 0.343 e. The van der Waals surface area contributed by atoms with E-state index in [1.54, 1.807) is 20.0 Å². The van der Waals surface area contributed by atoms with Crippen LogP contribution in [0.2, 0.25) is 0 Å². The first-order chi connectivity index (χ1) is 9.34. The summed E-state index contributed by atoms with van der Waals surface area (Å²) in [6, 6.07) is 0. The second kappa shape index (κ2) is 6.70. The zero-order valence-electron chi connectivity index (χ0n) is 12.0. The van der Waals surface area contributed by atoms with Gasteiger partial charge in [0, 0.05) is 28.7 Å². The molecule has 1 N–H and O–H groups in total. The number of esters is 1. The number of ether oxygens (including phenoxy) is 1. The molecule has 1 rings (SSSR count). The van der Waals surface area contributed by atoms with Gasteiger partial charge < -0.3 is 9.84 Å². The fourth-order valence-corrected chi connectivity index (χ4v) is 2.22. The highest BCUT2D eigenvalue weighted by molar-refractivity contribution is 9.11. The Labute approximate surface area is 127 Å². The van der Waals surface area contributed by atoms with Gasteiger partial charge >= 0.3 is 5.97 Å². The number of hydrogen-bond acceptors (Lipinski definition) is 4. The summed E-state index contributed by atoms with van der Waals surface area (Å²) in [7, 11) is 2.82.